The fraction of sp³-hybridized carbons (Fsp3) is 0.286. The summed E-state index contributed by atoms with van der Waals surface area (Å²) in [5, 5.41) is 2.97. The highest BCUT2D eigenvalue weighted by atomic mass is 14.8. The molecule has 0 aliphatic rings. The molecule has 0 radical (unpaired) electrons. The SMILES string of the molecule is CNc1ccc(CN)nc1. The summed E-state index contributed by atoms with van der Waals surface area (Å²) < 4.78 is 0. The van der Waals surface area contributed by atoms with Gasteiger partial charge in [0.1, 0.15) is 0 Å². The molecule has 3 nitrogen and oxygen atoms in total. The second kappa shape index (κ2) is 3.17. The van der Waals surface area contributed by atoms with E-state index in [0.717, 1.165) is 11.4 Å². The average molecular weight is 137 g/mol. The lowest BCUT2D eigenvalue weighted by atomic mass is 10.3. The van der Waals surface area contributed by atoms with Crippen molar-refractivity contribution in [3.05, 3.63) is 24.0 Å². The van der Waals surface area contributed by atoms with Crippen molar-refractivity contribution in [2.24, 2.45) is 5.73 Å². The molecule has 3 heteroatoms. The summed E-state index contributed by atoms with van der Waals surface area (Å²) in [6.45, 7) is 0.504. The zero-order valence-corrected chi connectivity index (χ0v) is 5.96. The molecule has 0 amide bonds. The molecule has 0 bridgehead atoms. The van der Waals surface area contributed by atoms with E-state index < -0.39 is 0 Å². The van der Waals surface area contributed by atoms with Crippen molar-refractivity contribution in [3.8, 4) is 0 Å². The Labute approximate surface area is 60.3 Å². The Hall–Kier alpha value is -1.09. The summed E-state index contributed by atoms with van der Waals surface area (Å²) in [4.78, 5) is 4.08. The molecule has 1 aromatic heterocycles. The Morgan fingerprint density at radius 2 is 2.40 bits per heavy atom. The van der Waals surface area contributed by atoms with Crippen LogP contribution in [0.15, 0.2) is 18.3 Å². The van der Waals surface area contributed by atoms with E-state index in [1.54, 1.807) is 6.20 Å². The molecular formula is C7H11N3. The van der Waals surface area contributed by atoms with Gasteiger partial charge < -0.3 is 11.1 Å². The monoisotopic (exact) mass is 137 g/mol. The Kier molecular flexibility index (Phi) is 2.23. The standard InChI is InChI=1S/C7H11N3/c1-9-7-3-2-6(4-8)10-5-7/h2-3,5,9H,4,8H2,1H3. The van der Waals surface area contributed by atoms with Crippen LogP contribution in [0.25, 0.3) is 0 Å². The number of anilines is 1. The molecule has 0 saturated heterocycles. The van der Waals surface area contributed by atoms with E-state index in [4.69, 9.17) is 5.73 Å². The highest BCUT2D eigenvalue weighted by Gasteiger charge is 1.89. The van der Waals surface area contributed by atoms with Crippen LogP contribution >= 0.6 is 0 Å². The Bertz CT molecular complexity index is 170. The van der Waals surface area contributed by atoms with Gasteiger partial charge in [0.2, 0.25) is 0 Å². The van der Waals surface area contributed by atoms with Gasteiger partial charge >= 0.3 is 0 Å². The van der Waals surface area contributed by atoms with Crippen LogP contribution in [0.5, 0.6) is 0 Å². The first-order chi connectivity index (χ1) is 4.86. The largest absolute Gasteiger partial charge is 0.387 e. The normalized spacial score (nSPS) is 9.40. The molecule has 0 spiro atoms. The third kappa shape index (κ3) is 1.45. The van der Waals surface area contributed by atoms with E-state index in [0.29, 0.717) is 6.54 Å². The predicted octanol–water partition coefficient (Wildman–Crippen LogP) is 0.582. The van der Waals surface area contributed by atoms with Crippen molar-refractivity contribution in [2.45, 2.75) is 6.54 Å². The first-order valence-corrected chi connectivity index (χ1v) is 3.19. The maximum atomic E-state index is 5.36. The lowest BCUT2D eigenvalue weighted by molar-refractivity contribution is 0.991. The molecule has 0 aliphatic heterocycles. The quantitative estimate of drug-likeness (QED) is 0.627. The van der Waals surface area contributed by atoms with Crippen LogP contribution in [0.4, 0.5) is 5.69 Å². The van der Waals surface area contributed by atoms with Crippen LogP contribution in [0.1, 0.15) is 5.69 Å². The van der Waals surface area contributed by atoms with Gasteiger partial charge in [0.25, 0.3) is 0 Å². The molecule has 0 fully saturated rings. The Balaban J connectivity index is 2.80. The third-order valence-corrected chi connectivity index (χ3v) is 1.32. The van der Waals surface area contributed by atoms with Gasteiger partial charge in [-0.3, -0.25) is 4.98 Å². The van der Waals surface area contributed by atoms with Crippen LogP contribution in [0.2, 0.25) is 0 Å². The first kappa shape index (κ1) is 7.02. The molecule has 0 atom stereocenters. The van der Waals surface area contributed by atoms with Gasteiger partial charge in [0.05, 0.1) is 17.6 Å². The number of hydrogen-bond acceptors (Lipinski definition) is 3. The Morgan fingerprint density at radius 3 is 2.80 bits per heavy atom. The van der Waals surface area contributed by atoms with Crippen LogP contribution in [0, 0.1) is 0 Å². The number of aromatic nitrogens is 1. The summed E-state index contributed by atoms with van der Waals surface area (Å²) in [6.07, 6.45) is 1.77. The highest BCUT2D eigenvalue weighted by Crippen LogP contribution is 2.03. The topological polar surface area (TPSA) is 50.9 Å². The van der Waals surface area contributed by atoms with Crippen molar-refractivity contribution in [2.75, 3.05) is 12.4 Å². The number of nitrogens with two attached hydrogens (primary N) is 1. The van der Waals surface area contributed by atoms with Crippen LogP contribution in [0.3, 0.4) is 0 Å². The zero-order chi connectivity index (χ0) is 7.40. The summed E-state index contributed by atoms with van der Waals surface area (Å²) in [7, 11) is 1.86. The number of hydrogen-bond donors (Lipinski definition) is 2. The van der Waals surface area contributed by atoms with Gasteiger partial charge in [-0.1, -0.05) is 0 Å². The van der Waals surface area contributed by atoms with Gasteiger partial charge in [-0.25, -0.2) is 0 Å². The number of nitrogens with one attached hydrogen (secondary N) is 1. The predicted molar refractivity (Wildman–Crippen MR) is 41.7 cm³/mol. The van der Waals surface area contributed by atoms with Gasteiger partial charge in [-0.2, -0.15) is 0 Å². The zero-order valence-electron chi connectivity index (χ0n) is 5.96. The van der Waals surface area contributed by atoms with E-state index in [9.17, 15) is 0 Å². The summed E-state index contributed by atoms with van der Waals surface area (Å²) in [6, 6.07) is 3.86. The van der Waals surface area contributed by atoms with Gasteiger partial charge in [-0.15, -0.1) is 0 Å². The lowest BCUT2D eigenvalue weighted by Crippen LogP contribution is -1.99. The maximum Gasteiger partial charge on any atom is 0.0541 e. The number of rotatable bonds is 2. The second-order valence-electron chi connectivity index (χ2n) is 1.99. The molecule has 1 aromatic rings. The van der Waals surface area contributed by atoms with Crippen molar-refractivity contribution in [3.63, 3.8) is 0 Å². The minimum absolute atomic E-state index is 0.504. The van der Waals surface area contributed by atoms with E-state index in [-0.39, 0.29) is 0 Å². The van der Waals surface area contributed by atoms with Crippen molar-refractivity contribution >= 4 is 5.69 Å². The summed E-state index contributed by atoms with van der Waals surface area (Å²) >= 11 is 0. The van der Waals surface area contributed by atoms with Gasteiger partial charge in [0.15, 0.2) is 0 Å². The molecule has 3 N–H and O–H groups in total. The van der Waals surface area contributed by atoms with E-state index in [2.05, 4.69) is 10.3 Å². The Morgan fingerprint density at radius 1 is 1.60 bits per heavy atom. The second-order valence-corrected chi connectivity index (χ2v) is 1.99. The van der Waals surface area contributed by atoms with Crippen molar-refractivity contribution < 1.29 is 0 Å². The fourth-order valence-electron chi connectivity index (χ4n) is 0.693. The first-order valence-electron chi connectivity index (χ1n) is 3.19. The molecule has 0 saturated carbocycles. The molecule has 0 aliphatic carbocycles. The van der Waals surface area contributed by atoms with Gasteiger partial charge in [0, 0.05) is 13.6 Å². The molecule has 0 aromatic carbocycles. The van der Waals surface area contributed by atoms with Crippen LogP contribution in [-0.2, 0) is 6.54 Å². The fourth-order valence-corrected chi connectivity index (χ4v) is 0.693. The lowest BCUT2D eigenvalue weighted by Gasteiger charge is -1.98. The molecular weight excluding hydrogens is 126 g/mol. The molecule has 1 rings (SSSR count). The van der Waals surface area contributed by atoms with E-state index in [1.165, 1.54) is 0 Å². The third-order valence-electron chi connectivity index (χ3n) is 1.32. The minimum atomic E-state index is 0.504. The molecule has 1 heterocycles. The van der Waals surface area contributed by atoms with Crippen molar-refractivity contribution in [1.82, 2.24) is 4.98 Å². The molecule has 10 heavy (non-hydrogen) atoms. The summed E-state index contributed by atoms with van der Waals surface area (Å²) in [5.74, 6) is 0. The minimum Gasteiger partial charge on any atom is -0.387 e. The van der Waals surface area contributed by atoms with Crippen LogP contribution < -0.4 is 11.1 Å². The maximum absolute atomic E-state index is 5.36. The highest BCUT2D eigenvalue weighted by molar-refractivity contribution is 5.39. The smallest absolute Gasteiger partial charge is 0.0541 e. The van der Waals surface area contributed by atoms with E-state index >= 15 is 0 Å². The number of nitrogens with zero attached hydrogens (tertiary/aromatic N) is 1. The van der Waals surface area contributed by atoms with E-state index in [1.807, 2.05) is 19.2 Å². The number of pyridine rings is 1. The molecule has 54 valence electrons. The summed E-state index contributed by atoms with van der Waals surface area (Å²) in [5.41, 5.74) is 7.29. The molecule has 0 unspecified atom stereocenters. The average Bonchev–Trinajstić information content (AvgIpc) is 2.05. The van der Waals surface area contributed by atoms with Crippen molar-refractivity contribution in [1.29, 1.82) is 0 Å². The van der Waals surface area contributed by atoms with Crippen LogP contribution in [-0.4, -0.2) is 12.0 Å². The van der Waals surface area contributed by atoms with Gasteiger partial charge in [-0.05, 0) is 12.1 Å².